The van der Waals surface area contributed by atoms with E-state index in [4.69, 9.17) is 0 Å². The molecule has 0 aliphatic heterocycles. The highest BCUT2D eigenvalue weighted by Crippen LogP contribution is 2.22. The summed E-state index contributed by atoms with van der Waals surface area (Å²) in [6.45, 7) is 4.85. The predicted molar refractivity (Wildman–Crippen MR) is 131 cm³/mol. The summed E-state index contributed by atoms with van der Waals surface area (Å²) in [6, 6.07) is 21.7. The Morgan fingerprint density at radius 3 is 2.39 bits per heavy atom. The number of amides is 1. The highest BCUT2D eigenvalue weighted by Gasteiger charge is 2.14. The summed E-state index contributed by atoms with van der Waals surface area (Å²) in [5, 5.41) is 0. The standard InChI is InChI=1S/C27H27NO2S/c1-20-8-6-9-21(2)25(20)15-14-22-10-7-12-24(18-22)31-17-16-28(3)27(30)26-13-5-4-11-23(26)19-29/h4-15,18-19H,16-17H2,1-3H3/b15-14+. The highest BCUT2D eigenvalue weighted by atomic mass is 32.2. The number of hydrogen-bond acceptors (Lipinski definition) is 3. The van der Waals surface area contributed by atoms with Crippen LogP contribution < -0.4 is 0 Å². The smallest absolute Gasteiger partial charge is 0.254 e. The second kappa shape index (κ2) is 10.8. The Bertz CT molecular complexity index is 1080. The lowest BCUT2D eigenvalue weighted by molar-refractivity contribution is 0.0800. The average molecular weight is 430 g/mol. The number of hydrogen-bond donors (Lipinski definition) is 0. The molecule has 0 spiro atoms. The van der Waals surface area contributed by atoms with Crippen molar-refractivity contribution in [2.75, 3.05) is 19.3 Å². The van der Waals surface area contributed by atoms with Crippen molar-refractivity contribution in [2.24, 2.45) is 0 Å². The largest absolute Gasteiger partial charge is 0.341 e. The summed E-state index contributed by atoms with van der Waals surface area (Å²) in [5.41, 5.74) is 5.82. The van der Waals surface area contributed by atoms with Crippen LogP contribution in [-0.2, 0) is 0 Å². The zero-order valence-corrected chi connectivity index (χ0v) is 19.0. The van der Waals surface area contributed by atoms with Crippen molar-refractivity contribution in [3.8, 4) is 0 Å². The van der Waals surface area contributed by atoms with Gasteiger partial charge < -0.3 is 4.90 Å². The minimum Gasteiger partial charge on any atom is -0.341 e. The molecule has 0 heterocycles. The van der Waals surface area contributed by atoms with E-state index in [1.807, 2.05) is 0 Å². The Morgan fingerprint density at radius 1 is 0.935 bits per heavy atom. The van der Waals surface area contributed by atoms with Gasteiger partial charge in [-0.25, -0.2) is 0 Å². The Hall–Kier alpha value is -3.11. The maximum atomic E-state index is 12.6. The fourth-order valence-electron chi connectivity index (χ4n) is 3.38. The van der Waals surface area contributed by atoms with Gasteiger partial charge in [0.25, 0.3) is 5.91 Å². The molecule has 3 rings (SSSR count). The van der Waals surface area contributed by atoms with Crippen LogP contribution in [0.3, 0.4) is 0 Å². The molecule has 3 aromatic carbocycles. The maximum absolute atomic E-state index is 12.6. The molecule has 0 fully saturated rings. The predicted octanol–water partition coefficient (Wildman–Crippen LogP) is 6.15. The zero-order valence-electron chi connectivity index (χ0n) is 18.2. The number of carbonyl (C=O) groups is 2. The van der Waals surface area contributed by atoms with Crippen LogP contribution in [0.4, 0.5) is 0 Å². The SMILES string of the molecule is Cc1cccc(C)c1/C=C/c1cccc(SCCN(C)C(=O)c2ccccc2C=O)c1. The minimum atomic E-state index is -0.131. The fraction of sp³-hybridized carbons (Fsp3) is 0.185. The lowest BCUT2D eigenvalue weighted by Gasteiger charge is -2.18. The van der Waals surface area contributed by atoms with Crippen LogP contribution >= 0.6 is 11.8 Å². The molecular weight excluding hydrogens is 402 g/mol. The summed E-state index contributed by atoms with van der Waals surface area (Å²) in [6.07, 6.45) is 5.05. The molecule has 0 aromatic heterocycles. The van der Waals surface area contributed by atoms with Crippen molar-refractivity contribution in [3.63, 3.8) is 0 Å². The minimum absolute atomic E-state index is 0.131. The van der Waals surface area contributed by atoms with Gasteiger partial charge in [-0.2, -0.15) is 0 Å². The van der Waals surface area contributed by atoms with Crippen molar-refractivity contribution in [1.82, 2.24) is 4.90 Å². The van der Waals surface area contributed by atoms with E-state index in [1.54, 1.807) is 48.0 Å². The molecule has 0 N–H and O–H groups in total. The van der Waals surface area contributed by atoms with Crippen molar-refractivity contribution >= 4 is 36.1 Å². The van der Waals surface area contributed by atoms with E-state index in [9.17, 15) is 9.59 Å². The Balaban J connectivity index is 1.59. The topological polar surface area (TPSA) is 37.4 Å². The molecule has 0 saturated carbocycles. The van der Waals surface area contributed by atoms with Crippen LogP contribution in [0, 0.1) is 13.8 Å². The van der Waals surface area contributed by atoms with E-state index < -0.39 is 0 Å². The first-order chi connectivity index (χ1) is 15.0. The quantitative estimate of drug-likeness (QED) is 0.245. The van der Waals surface area contributed by atoms with Gasteiger partial charge >= 0.3 is 0 Å². The van der Waals surface area contributed by atoms with Gasteiger partial charge in [0, 0.05) is 29.8 Å². The van der Waals surface area contributed by atoms with Crippen molar-refractivity contribution in [3.05, 3.63) is 100 Å². The number of aldehydes is 1. The van der Waals surface area contributed by atoms with Gasteiger partial charge in [-0.1, -0.05) is 60.7 Å². The molecule has 1 amide bonds. The second-order valence-corrected chi connectivity index (χ2v) is 8.66. The number of nitrogens with zero attached hydrogens (tertiary/aromatic N) is 1. The highest BCUT2D eigenvalue weighted by molar-refractivity contribution is 7.99. The van der Waals surface area contributed by atoms with E-state index >= 15 is 0 Å². The molecule has 0 aliphatic rings. The number of benzene rings is 3. The summed E-state index contributed by atoms with van der Waals surface area (Å²) in [4.78, 5) is 26.7. The molecule has 3 aromatic rings. The third-order valence-corrected chi connectivity index (χ3v) is 6.18. The van der Waals surface area contributed by atoms with Crippen LogP contribution in [0.25, 0.3) is 12.2 Å². The van der Waals surface area contributed by atoms with Crippen molar-refractivity contribution < 1.29 is 9.59 Å². The van der Waals surface area contributed by atoms with Gasteiger partial charge in [0.1, 0.15) is 0 Å². The second-order valence-electron chi connectivity index (χ2n) is 7.49. The van der Waals surface area contributed by atoms with Crippen LogP contribution in [0.1, 0.15) is 43.0 Å². The molecule has 0 atom stereocenters. The molecule has 0 unspecified atom stereocenters. The number of thioether (sulfide) groups is 1. The fourth-order valence-corrected chi connectivity index (χ4v) is 4.37. The summed E-state index contributed by atoms with van der Waals surface area (Å²) in [7, 11) is 1.77. The third-order valence-electron chi connectivity index (χ3n) is 5.20. The summed E-state index contributed by atoms with van der Waals surface area (Å²) >= 11 is 1.72. The van der Waals surface area contributed by atoms with Crippen molar-refractivity contribution in [2.45, 2.75) is 18.7 Å². The first-order valence-electron chi connectivity index (χ1n) is 10.3. The Kier molecular flexibility index (Phi) is 7.85. The van der Waals surface area contributed by atoms with E-state index in [1.165, 1.54) is 16.7 Å². The maximum Gasteiger partial charge on any atom is 0.254 e. The normalized spacial score (nSPS) is 10.9. The van der Waals surface area contributed by atoms with E-state index in [-0.39, 0.29) is 5.91 Å². The molecule has 31 heavy (non-hydrogen) atoms. The number of rotatable bonds is 8. The molecule has 0 bridgehead atoms. The summed E-state index contributed by atoms with van der Waals surface area (Å²) < 4.78 is 0. The average Bonchev–Trinajstić information content (AvgIpc) is 2.78. The van der Waals surface area contributed by atoms with Gasteiger partial charge in [-0.3, -0.25) is 9.59 Å². The Labute approximate surface area is 188 Å². The van der Waals surface area contributed by atoms with Gasteiger partial charge in [0.05, 0.1) is 5.56 Å². The van der Waals surface area contributed by atoms with Crippen LogP contribution in [0.15, 0.2) is 71.6 Å². The first-order valence-corrected chi connectivity index (χ1v) is 11.2. The third kappa shape index (κ3) is 5.96. The van der Waals surface area contributed by atoms with Crippen LogP contribution in [0.5, 0.6) is 0 Å². The monoisotopic (exact) mass is 429 g/mol. The van der Waals surface area contributed by atoms with E-state index in [0.717, 1.165) is 22.5 Å². The van der Waals surface area contributed by atoms with Gasteiger partial charge in [0.15, 0.2) is 6.29 Å². The lowest BCUT2D eigenvalue weighted by atomic mass is 10.0. The van der Waals surface area contributed by atoms with Gasteiger partial charge in [0.2, 0.25) is 0 Å². The number of carbonyl (C=O) groups excluding carboxylic acids is 2. The van der Waals surface area contributed by atoms with Crippen LogP contribution in [-0.4, -0.2) is 36.4 Å². The zero-order chi connectivity index (χ0) is 22.2. The van der Waals surface area contributed by atoms with Gasteiger partial charge in [-0.05, 0) is 54.3 Å². The van der Waals surface area contributed by atoms with Gasteiger partial charge in [-0.15, -0.1) is 11.8 Å². The molecule has 3 nitrogen and oxygen atoms in total. The lowest BCUT2D eigenvalue weighted by Crippen LogP contribution is -2.29. The molecule has 4 heteroatoms. The molecule has 158 valence electrons. The Morgan fingerprint density at radius 2 is 1.65 bits per heavy atom. The molecule has 0 aliphatic carbocycles. The van der Waals surface area contributed by atoms with Crippen molar-refractivity contribution in [1.29, 1.82) is 0 Å². The summed E-state index contributed by atoms with van der Waals surface area (Å²) in [5.74, 6) is 0.642. The molecule has 0 radical (unpaired) electrons. The number of aryl methyl sites for hydroxylation is 2. The molecular formula is C27H27NO2S. The van der Waals surface area contributed by atoms with E-state index in [2.05, 4.69) is 68.5 Å². The van der Waals surface area contributed by atoms with E-state index in [0.29, 0.717) is 17.7 Å². The first kappa shape index (κ1) is 22.6. The molecule has 0 saturated heterocycles. The van der Waals surface area contributed by atoms with Crippen LogP contribution in [0.2, 0.25) is 0 Å².